The average molecular weight is 332 g/mol. The molecule has 0 aromatic heterocycles. The maximum absolute atomic E-state index is 10.8. The standard InChI is InChI=1S/C9H14N2O2.CHF3O3S/c1-6-7(2)9(3,11(12)13)5-4-8(6)10;2-1(3,4)8(5,6)7/h4-5,8H,10H2,1-3H3;(H,5,6,7). The minimum absolute atomic E-state index is 0.173. The predicted octanol–water partition coefficient (Wildman–Crippen LogP) is 1.65. The second kappa shape index (κ2) is 6.12. The summed E-state index contributed by atoms with van der Waals surface area (Å²) in [6.45, 7) is 5.20. The maximum Gasteiger partial charge on any atom is 0.522 e. The number of rotatable bonds is 1. The Morgan fingerprint density at radius 1 is 1.43 bits per heavy atom. The van der Waals surface area contributed by atoms with E-state index in [4.69, 9.17) is 18.7 Å². The van der Waals surface area contributed by atoms with Gasteiger partial charge in [-0.15, -0.1) is 0 Å². The number of hydrogen-bond donors (Lipinski definition) is 2. The molecule has 2 atom stereocenters. The zero-order chi connectivity index (χ0) is 17.2. The monoisotopic (exact) mass is 332 g/mol. The van der Waals surface area contributed by atoms with Crippen molar-refractivity contribution in [1.29, 1.82) is 0 Å². The van der Waals surface area contributed by atoms with Crippen molar-refractivity contribution >= 4 is 10.1 Å². The smallest absolute Gasteiger partial charge is 0.321 e. The number of nitrogens with zero attached hydrogens (tertiary/aromatic N) is 1. The summed E-state index contributed by atoms with van der Waals surface area (Å²) in [6, 6.07) is -0.173. The van der Waals surface area contributed by atoms with Crippen LogP contribution in [0.25, 0.3) is 0 Å². The molecule has 0 amide bonds. The molecular weight excluding hydrogens is 317 g/mol. The van der Waals surface area contributed by atoms with Crippen LogP contribution in [0.15, 0.2) is 23.3 Å². The molecule has 122 valence electrons. The van der Waals surface area contributed by atoms with Gasteiger partial charge in [0.25, 0.3) is 5.54 Å². The fraction of sp³-hybridized carbons (Fsp3) is 0.600. The van der Waals surface area contributed by atoms with Crippen molar-refractivity contribution in [2.45, 2.75) is 37.9 Å². The molecule has 0 spiro atoms. The van der Waals surface area contributed by atoms with Crippen LogP contribution in [0.3, 0.4) is 0 Å². The number of halogens is 3. The summed E-state index contributed by atoms with van der Waals surface area (Å²) < 4.78 is 57.5. The summed E-state index contributed by atoms with van der Waals surface area (Å²) in [5, 5.41) is 10.8. The topological polar surface area (TPSA) is 124 Å². The van der Waals surface area contributed by atoms with Crippen LogP contribution in [0.4, 0.5) is 13.2 Å². The Morgan fingerprint density at radius 2 is 1.81 bits per heavy atom. The molecule has 0 aromatic rings. The first kappa shape index (κ1) is 19.5. The molecule has 0 heterocycles. The van der Waals surface area contributed by atoms with E-state index in [1.54, 1.807) is 26.0 Å². The van der Waals surface area contributed by atoms with Gasteiger partial charge in [0.05, 0.1) is 0 Å². The Kier molecular flexibility index (Phi) is 5.69. The first-order valence-corrected chi connectivity index (χ1v) is 6.89. The van der Waals surface area contributed by atoms with E-state index in [0.29, 0.717) is 0 Å². The lowest BCUT2D eigenvalue weighted by molar-refractivity contribution is -0.539. The minimum Gasteiger partial charge on any atom is -0.321 e. The molecule has 21 heavy (non-hydrogen) atoms. The number of hydrogen-bond acceptors (Lipinski definition) is 5. The summed E-state index contributed by atoms with van der Waals surface area (Å²) >= 11 is 0. The van der Waals surface area contributed by atoms with Crippen molar-refractivity contribution in [2.75, 3.05) is 0 Å². The highest BCUT2D eigenvalue weighted by Gasteiger charge is 2.44. The van der Waals surface area contributed by atoms with Crippen LogP contribution in [-0.4, -0.2) is 35.0 Å². The summed E-state index contributed by atoms with van der Waals surface area (Å²) in [5.41, 5.74) is 0.752. The molecule has 0 saturated heterocycles. The fourth-order valence-corrected chi connectivity index (χ4v) is 1.41. The summed E-state index contributed by atoms with van der Waals surface area (Å²) in [5.74, 6) is 0. The molecule has 1 rings (SSSR count). The predicted molar refractivity (Wildman–Crippen MR) is 68.5 cm³/mol. The average Bonchev–Trinajstić information content (AvgIpc) is 2.29. The zero-order valence-corrected chi connectivity index (χ0v) is 12.2. The van der Waals surface area contributed by atoms with Crippen molar-refractivity contribution in [1.82, 2.24) is 0 Å². The molecule has 3 N–H and O–H groups in total. The van der Waals surface area contributed by atoms with Crippen LogP contribution < -0.4 is 5.73 Å². The third-order valence-electron chi connectivity index (χ3n) is 3.15. The number of nitrogens with two attached hydrogens (primary N) is 1. The van der Waals surface area contributed by atoms with Gasteiger partial charge in [-0.25, -0.2) is 0 Å². The van der Waals surface area contributed by atoms with Gasteiger partial charge in [-0.3, -0.25) is 14.7 Å². The normalized spacial score (nSPS) is 26.2. The molecule has 7 nitrogen and oxygen atoms in total. The van der Waals surface area contributed by atoms with E-state index >= 15 is 0 Å². The lowest BCUT2D eigenvalue weighted by atomic mass is 9.83. The van der Waals surface area contributed by atoms with Crippen LogP contribution in [0.2, 0.25) is 0 Å². The molecule has 0 fully saturated rings. The van der Waals surface area contributed by atoms with Gasteiger partial charge < -0.3 is 5.73 Å². The van der Waals surface area contributed by atoms with Crippen LogP contribution in [0.5, 0.6) is 0 Å². The third kappa shape index (κ3) is 4.51. The highest BCUT2D eigenvalue weighted by molar-refractivity contribution is 7.86. The van der Waals surface area contributed by atoms with E-state index in [9.17, 15) is 23.3 Å². The highest BCUT2D eigenvalue weighted by Crippen LogP contribution is 2.29. The molecule has 0 radical (unpaired) electrons. The van der Waals surface area contributed by atoms with Crippen LogP contribution in [-0.2, 0) is 10.1 Å². The summed E-state index contributed by atoms with van der Waals surface area (Å²) in [4.78, 5) is 10.5. The molecular formula is C10H15F3N2O5S. The molecule has 0 aliphatic heterocycles. The Balaban J connectivity index is 0.000000433. The Bertz CT molecular complexity index is 582. The van der Waals surface area contributed by atoms with Gasteiger partial charge in [0, 0.05) is 23.5 Å². The summed E-state index contributed by atoms with van der Waals surface area (Å²) in [6.07, 6.45) is 3.26. The Morgan fingerprint density at radius 3 is 2.10 bits per heavy atom. The fourth-order valence-electron chi connectivity index (χ4n) is 1.41. The van der Waals surface area contributed by atoms with Crippen LogP contribution in [0.1, 0.15) is 20.8 Å². The zero-order valence-electron chi connectivity index (χ0n) is 11.4. The van der Waals surface area contributed by atoms with E-state index < -0.39 is 21.2 Å². The number of alkyl halides is 3. The van der Waals surface area contributed by atoms with Gasteiger partial charge in [-0.1, -0.05) is 6.08 Å². The molecule has 11 heteroatoms. The van der Waals surface area contributed by atoms with E-state index in [2.05, 4.69) is 0 Å². The molecule has 0 bridgehead atoms. The Labute approximate surface area is 119 Å². The van der Waals surface area contributed by atoms with E-state index in [-0.39, 0.29) is 11.0 Å². The highest BCUT2D eigenvalue weighted by atomic mass is 32.2. The second-order valence-electron chi connectivity index (χ2n) is 4.52. The van der Waals surface area contributed by atoms with E-state index in [0.717, 1.165) is 11.1 Å². The van der Waals surface area contributed by atoms with Gasteiger partial charge in [-0.2, -0.15) is 21.6 Å². The van der Waals surface area contributed by atoms with Gasteiger partial charge in [0.1, 0.15) is 0 Å². The van der Waals surface area contributed by atoms with E-state index in [1.807, 2.05) is 6.92 Å². The van der Waals surface area contributed by atoms with Crippen molar-refractivity contribution in [3.05, 3.63) is 33.4 Å². The molecule has 1 aliphatic rings. The second-order valence-corrected chi connectivity index (χ2v) is 5.93. The first-order chi connectivity index (χ1) is 9.14. The van der Waals surface area contributed by atoms with Gasteiger partial charge >= 0.3 is 15.6 Å². The lowest BCUT2D eigenvalue weighted by Crippen LogP contribution is -2.39. The van der Waals surface area contributed by atoms with Crippen LogP contribution in [0, 0.1) is 10.1 Å². The summed E-state index contributed by atoms with van der Waals surface area (Å²) in [7, 11) is -5.84. The van der Waals surface area contributed by atoms with E-state index in [1.165, 1.54) is 0 Å². The van der Waals surface area contributed by atoms with Crippen molar-refractivity contribution in [3.63, 3.8) is 0 Å². The SMILES string of the molecule is CC1=C(C)C(C)([N+](=O)[O-])C=CC1N.O=S(=O)(O)C(F)(F)F. The lowest BCUT2D eigenvalue weighted by Gasteiger charge is -2.26. The third-order valence-corrected chi connectivity index (χ3v) is 3.74. The van der Waals surface area contributed by atoms with Crippen molar-refractivity contribution in [2.24, 2.45) is 5.73 Å². The molecule has 0 saturated carbocycles. The largest absolute Gasteiger partial charge is 0.522 e. The molecule has 0 aromatic carbocycles. The van der Waals surface area contributed by atoms with Gasteiger partial charge in [0.15, 0.2) is 0 Å². The van der Waals surface area contributed by atoms with Gasteiger partial charge in [0.2, 0.25) is 0 Å². The van der Waals surface area contributed by atoms with Crippen LogP contribution >= 0.6 is 0 Å². The first-order valence-electron chi connectivity index (χ1n) is 5.45. The molecule has 2 unspecified atom stereocenters. The number of nitro groups is 1. The van der Waals surface area contributed by atoms with Gasteiger partial charge in [-0.05, 0) is 25.5 Å². The maximum atomic E-state index is 10.8. The minimum atomic E-state index is -5.84. The molecule has 1 aliphatic carbocycles. The van der Waals surface area contributed by atoms with Crippen molar-refractivity contribution < 1.29 is 31.1 Å². The Hall–Kier alpha value is -1.46. The van der Waals surface area contributed by atoms with Crippen molar-refractivity contribution in [3.8, 4) is 0 Å². The quantitative estimate of drug-likeness (QED) is 0.247.